The third kappa shape index (κ3) is 61.3. The smallest absolute Gasteiger partial charge is 0.462 e. The molecule has 0 spiro atoms. The number of rotatable bonds is 66. The number of unbranched alkanes of at least 4 members (excludes halogenated alkanes) is 33. The predicted octanol–water partition coefficient (Wildman–Crippen LogP) is 19.1. The summed E-state index contributed by atoms with van der Waals surface area (Å²) in [6.07, 6.45) is 41.7. The second kappa shape index (κ2) is 59.1. The highest BCUT2D eigenvalue weighted by Crippen LogP contribution is 2.45. The third-order valence-electron chi connectivity index (χ3n) is 16.0. The number of hydrogen-bond acceptors (Lipinski definition) is 15. The molecule has 0 aliphatic carbocycles. The van der Waals surface area contributed by atoms with Crippen LogP contribution in [0.1, 0.15) is 337 Å². The number of esters is 4. The van der Waals surface area contributed by atoms with Gasteiger partial charge < -0.3 is 33.8 Å². The minimum atomic E-state index is -4.95. The molecule has 0 bridgehead atoms. The lowest BCUT2D eigenvalue weighted by Gasteiger charge is -2.21. The van der Waals surface area contributed by atoms with Crippen molar-refractivity contribution >= 4 is 39.5 Å². The lowest BCUT2D eigenvalue weighted by Crippen LogP contribution is -2.30. The number of ether oxygens (including phenoxy) is 4. The van der Waals surface area contributed by atoms with E-state index in [9.17, 15) is 43.2 Å². The molecule has 0 aromatic carbocycles. The van der Waals surface area contributed by atoms with Gasteiger partial charge in [0.05, 0.1) is 26.4 Å². The van der Waals surface area contributed by atoms with Gasteiger partial charge >= 0.3 is 39.5 Å². The van der Waals surface area contributed by atoms with Crippen LogP contribution in [0.2, 0.25) is 0 Å². The first kappa shape index (κ1) is 85.1. The topological polar surface area (TPSA) is 237 Å². The van der Waals surface area contributed by atoms with Crippen LogP contribution in [-0.2, 0) is 65.4 Å². The fourth-order valence-corrected chi connectivity index (χ4v) is 11.7. The second-order valence-electron chi connectivity index (χ2n) is 25.8. The van der Waals surface area contributed by atoms with E-state index in [1.165, 1.54) is 148 Å². The van der Waals surface area contributed by atoms with Crippen LogP contribution in [0.15, 0.2) is 0 Å². The highest BCUT2D eigenvalue weighted by atomic mass is 31.2. The van der Waals surface area contributed by atoms with Crippen LogP contribution in [0.4, 0.5) is 0 Å². The molecule has 3 unspecified atom stereocenters. The number of hydrogen-bond donors (Lipinski definition) is 3. The summed E-state index contributed by atoms with van der Waals surface area (Å²) in [6, 6.07) is 0. The quantitative estimate of drug-likeness (QED) is 0.0222. The molecule has 0 radical (unpaired) electrons. The monoisotopic (exact) mass is 1280 g/mol. The molecule has 0 aliphatic rings. The van der Waals surface area contributed by atoms with E-state index in [0.29, 0.717) is 25.7 Å². The minimum Gasteiger partial charge on any atom is -0.462 e. The van der Waals surface area contributed by atoms with Gasteiger partial charge in [-0.1, -0.05) is 286 Å². The molecule has 516 valence electrons. The number of carbonyl (C=O) groups is 4. The molecule has 19 heteroatoms. The van der Waals surface area contributed by atoms with Crippen molar-refractivity contribution in [3.63, 3.8) is 0 Å². The summed E-state index contributed by atoms with van der Waals surface area (Å²) in [4.78, 5) is 72.4. The average molecular weight is 1280 g/mol. The van der Waals surface area contributed by atoms with E-state index in [0.717, 1.165) is 108 Å². The maximum Gasteiger partial charge on any atom is 0.472 e. The zero-order chi connectivity index (χ0) is 64.5. The second-order valence-corrected chi connectivity index (χ2v) is 28.7. The van der Waals surface area contributed by atoms with Crippen LogP contribution in [0, 0.1) is 17.8 Å². The van der Waals surface area contributed by atoms with E-state index in [1.54, 1.807) is 0 Å². The summed E-state index contributed by atoms with van der Waals surface area (Å²) in [5.41, 5.74) is 0. The Morgan fingerprint density at radius 3 is 0.874 bits per heavy atom. The first-order valence-corrected chi connectivity index (χ1v) is 38.4. The Morgan fingerprint density at radius 2 is 0.586 bits per heavy atom. The van der Waals surface area contributed by atoms with Crippen molar-refractivity contribution in [3.05, 3.63) is 0 Å². The van der Waals surface area contributed by atoms with Gasteiger partial charge in [-0.2, -0.15) is 0 Å². The van der Waals surface area contributed by atoms with Crippen molar-refractivity contribution in [1.29, 1.82) is 0 Å². The summed E-state index contributed by atoms with van der Waals surface area (Å²) in [6.45, 7) is 11.8. The van der Waals surface area contributed by atoms with Gasteiger partial charge in [-0.15, -0.1) is 0 Å². The number of aliphatic hydroxyl groups excluding tert-OH is 1. The molecule has 0 saturated carbocycles. The zero-order valence-electron chi connectivity index (χ0n) is 56.5. The predicted molar refractivity (Wildman–Crippen MR) is 349 cm³/mol. The fraction of sp³-hybridized carbons (Fsp3) is 0.941. The largest absolute Gasteiger partial charge is 0.472 e. The molecule has 0 aliphatic heterocycles. The molecule has 6 atom stereocenters. The van der Waals surface area contributed by atoms with Gasteiger partial charge in [-0.05, 0) is 43.4 Å². The maximum atomic E-state index is 13.0. The van der Waals surface area contributed by atoms with Crippen LogP contribution in [0.3, 0.4) is 0 Å². The van der Waals surface area contributed by atoms with Crippen LogP contribution < -0.4 is 0 Å². The Bertz CT molecular complexity index is 1720. The van der Waals surface area contributed by atoms with Gasteiger partial charge in [-0.3, -0.25) is 37.3 Å². The van der Waals surface area contributed by atoms with Crippen molar-refractivity contribution in [1.82, 2.24) is 0 Å². The standard InChI is InChI=1S/C68H132O17P2/c1-8-10-11-12-13-14-21-27-35-42-49-65(70)78-56-64(85-68(73)52-45-38-31-30-34-41-48-61(7)9-2)58-83-87(76,77)81-54-62(69)53-80-86(74,75)82-57-63(55-79-66(71)50-43-36-28-24-23-26-33-40-47-60(5)6)84-67(72)51-44-37-29-22-19-17-15-16-18-20-25-32-39-46-59(3)4/h59-64,69H,8-58H2,1-7H3,(H,74,75)(H,76,77)/t61?,62-,63-,64-/m1/s1. The molecular formula is C68H132O17P2. The lowest BCUT2D eigenvalue weighted by molar-refractivity contribution is -0.161. The molecule has 0 amide bonds. The maximum absolute atomic E-state index is 13.0. The van der Waals surface area contributed by atoms with Crippen molar-refractivity contribution in [2.45, 2.75) is 356 Å². The highest BCUT2D eigenvalue weighted by Gasteiger charge is 2.30. The average Bonchev–Trinajstić information content (AvgIpc) is 3.67. The number of phosphoric acid groups is 2. The number of aliphatic hydroxyl groups is 1. The summed E-state index contributed by atoms with van der Waals surface area (Å²) < 4.78 is 68.2. The van der Waals surface area contributed by atoms with E-state index in [2.05, 4.69) is 48.5 Å². The first-order chi connectivity index (χ1) is 41.8. The van der Waals surface area contributed by atoms with E-state index in [4.69, 9.17) is 37.0 Å². The Morgan fingerprint density at radius 1 is 0.333 bits per heavy atom. The van der Waals surface area contributed by atoms with Gasteiger partial charge in [0.1, 0.15) is 19.3 Å². The summed E-state index contributed by atoms with van der Waals surface area (Å²) in [5.74, 6) is 0.101. The molecule has 0 saturated heterocycles. The molecule has 3 N–H and O–H groups in total. The van der Waals surface area contributed by atoms with Gasteiger partial charge in [-0.25, -0.2) is 9.13 Å². The third-order valence-corrected chi connectivity index (χ3v) is 17.9. The zero-order valence-corrected chi connectivity index (χ0v) is 58.3. The van der Waals surface area contributed by atoms with E-state index in [1.807, 2.05) is 0 Å². The molecule has 0 heterocycles. The van der Waals surface area contributed by atoms with Crippen LogP contribution in [0.25, 0.3) is 0 Å². The van der Waals surface area contributed by atoms with Crippen molar-refractivity contribution in [2.75, 3.05) is 39.6 Å². The summed E-state index contributed by atoms with van der Waals surface area (Å²) in [7, 11) is -9.90. The highest BCUT2D eigenvalue weighted by molar-refractivity contribution is 7.47. The molecule has 17 nitrogen and oxygen atoms in total. The first-order valence-electron chi connectivity index (χ1n) is 35.4. The molecule has 0 aromatic heterocycles. The van der Waals surface area contributed by atoms with Gasteiger partial charge in [0.25, 0.3) is 0 Å². The number of carbonyl (C=O) groups excluding carboxylic acids is 4. The lowest BCUT2D eigenvalue weighted by atomic mass is 10.00. The SMILES string of the molecule is CCCCCCCCCCCCC(=O)OC[C@H](COP(=O)(O)OC[C@H](O)COP(=O)(O)OC[C@@H](COC(=O)CCCCCCCCCCC(C)C)OC(=O)CCCCCCCCCCCCCCCC(C)C)OC(=O)CCCCCCCCC(C)CC. The normalized spacial score (nSPS) is 14.6. The van der Waals surface area contributed by atoms with Gasteiger partial charge in [0.15, 0.2) is 12.2 Å². The minimum absolute atomic E-state index is 0.103. The van der Waals surface area contributed by atoms with Gasteiger partial charge in [0.2, 0.25) is 0 Å². The molecule has 0 rings (SSSR count). The summed E-state index contributed by atoms with van der Waals surface area (Å²) >= 11 is 0. The fourth-order valence-electron chi connectivity index (χ4n) is 10.2. The van der Waals surface area contributed by atoms with Crippen LogP contribution in [0.5, 0.6) is 0 Å². The Labute approximate surface area is 530 Å². The van der Waals surface area contributed by atoms with Crippen LogP contribution in [-0.4, -0.2) is 96.7 Å². The van der Waals surface area contributed by atoms with Crippen molar-refractivity contribution in [3.8, 4) is 0 Å². The van der Waals surface area contributed by atoms with E-state index < -0.39 is 97.5 Å². The Kier molecular flexibility index (Phi) is 57.8. The van der Waals surface area contributed by atoms with Crippen LogP contribution >= 0.6 is 15.6 Å². The van der Waals surface area contributed by atoms with E-state index in [-0.39, 0.29) is 25.7 Å². The Hall–Kier alpha value is -1.94. The van der Waals surface area contributed by atoms with Gasteiger partial charge in [0, 0.05) is 25.7 Å². The molecule has 87 heavy (non-hydrogen) atoms. The van der Waals surface area contributed by atoms with Crippen molar-refractivity contribution < 1.29 is 80.2 Å². The van der Waals surface area contributed by atoms with E-state index >= 15 is 0 Å². The summed E-state index contributed by atoms with van der Waals surface area (Å²) in [5, 5.41) is 10.6. The van der Waals surface area contributed by atoms with Crippen molar-refractivity contribution in [2.24, 2.45) is 17.8 Å². The Balaban J connectivity index is 5.24. The molecule has 0 aromatic rings. The number of phosphoric ester groups is 2. The molecular weight excluding hydrogens is 1150 g/mol. The molecule has 0 fully saturated rings.